The molecule has 0 radical (unpaired) electrons. The minimum atomic E-state index is -0.437. The van der Waals surface area contributed by atoms with Crippen molar-refractivity contribution in [1.82, 2.24) is 19.1 Å². The zero-order valence-electron chi connectivity index (χ0n) is 40.4. The molecular formula is C59H60N6Pt. The number of aliphatic imine (C=N–C) groups is 1. The van der Waals surface area contributed by atoms with Crippen LogP contribution < -0.4 is 4.90 Å². The Morgan fingerprint density at radius 3 is 1.98 bits per heavy atom. The molecule has 0 saturated carbocycles. The summed E-state index contributed by atoms with van der Waals surface area (Å²) in [6.45, 7) is 27.8. The molecule has 1 atom stereocenters. The van der Waals surface area contributed by atoms with E-state index >= 15 is 0 Å². The smallest absolute Gasteiger partial charge is 0.358 e. The summed E-state index contributed by atoms with van der Waals surface area (Å²) in [6, 6.07) is 47.6. The number of rotatable bonds is 9. The maximum Gasteiger partial charge on any atom is 2.00 e. The average Bonchev–Trinajstić information content (AvgIpc) is 3.85. The quantitative estimate of drug-likeness (QED) is 0.135. The third-order valence-electron chi connectivity index (χ3n) is 14.7. The van der Waals surface area contributed by atoms with Crippen LogP contribution in [0.25, 0.3) is 66.4 Å². The maximum absolute atomic E-state index is 6.01. The molecule has 0 saturated heterocycles. The van der Waals surface area contributed by atoms with Crippen molar-refractivity contribution in [1.29, 1.82) is 0 Å². The summed E-state index contributed by atoms with van der Waals surface area (Å²) in [5.74, 6) is 2.47. The molecule has 10 rings (SSSR count). The van der Waals surface area contributed by atoms with Crippen LogP contribution >= 0.6 is 0 Å². The van der Waals surface area contributed by atoms with Crippen LogP contribution in [0.1, 0.15) is 96.0 Å². The number of aromatic nitrogens is 4. The Kier molecular flexibility index (Phi) is 11.5. The zero-order chi connectivity index (χ0) is 45.7. The summed E-state index contributed by atoms with van der Waals surface area (Å²) >= 11 is 0. The van der Waals surface area contributed by atoms with Crippen molar-refractivity contribution < 1.29 is 21.1 Å². The Morgan fingerprint density at radius 2 is 1.29 bits per heavy atom. The van der Waals surface area contributed by atoms with Crippen molar-refractivity contribution in [2.75, 3.05) is 4.90 Å². The van der Waals surface area contributed by atoms with Gasteiger partial charge in [-0.05, 0) is 135 Å². The number of hydrogen-bond acceptors (Lipinski definition) is 4. The van der Waals surface area contributed by atoms with E-state index < -0.39 is 11.1 Å². The molecule has 0 amide bonds. The first-order valence-electron chi connectivity index (χ1n) is 23.4. The molecule has 9 aromatic rings. The van der Waals surface area contributed by atoms with E-state index in [1.54, 1.807) is 0 Å². The van der Waals surface area contributed by atoms with Gasteiger partial charge in [-0.3, -0.25) is 4.98 Å². The first-order chi connectivity index (χ1) is 31.1. The molecule has 0 aliphatic carbocycles. The number of anilines is 1. The normalized spacial score (nSPS) is 16.2. The van der Waals surface area contributed by atoms with Crippen molar-refractivity contribution in [3.63, 3.8) is 0 Å². The van der Waals surface area contributed by atoms with E-state index in [4.69, 9.17) is 15.0 Å². The maximum atomic E-state index is 6.01. The van der Waals surface area contributed by atoms with Crippen LogP contribution in [0.4, 0.5) is 5.69 Å². The number of amidine groups is 1. The van der Waals surface area contributed by atoms with E-state index in [0.717, 1.165) is 67.0 Å². The van der Waals surface area contributed by atoms with E-state index in [1.807, 2.05) is 24.5 Å². The van der Waals surface area contributed by atoms with Crippen LogP contribution in [0.15, 0.2) is 127 Å². The Morgan fingerprint density at radius 1 is 0.591 bits per heavy atom. The fourth-order valence-corrected chi connectivity index (χ4v) is 11.5. The molecule has 5 heterocycles. The third kappa shape index (κ3) is 7.05. The fraction of sp³-hybridized carbons (Fsp3) is 0.305. The molecule has 5 aromatic carbocycles. The fourth-order valence-electron chi connectivity index (χ4n) is 11.5. The van der Waals surface area contributed by atoms with Crippen LogP contribution in [0, 0.1) is 50.7 Å². The first-order valence-corrected chi connectivity index (χ1v) is 23.4. The van der Waals surface area contributed by atoms with Gasteiger partial charge >= 0.3 is 21.1 Å². The van der Waals surface area contributed by atoms with Gasteiger partial charge in [0.1, 0.15) is 5.65 Å². The molecule has 0 N–H and O–H groups in total. The predicted octanol–water partition coefficient (Wildman–Crippen LogP) is 14.7. The number of benzene rings is 5. The Hall–Kier alpha value is -5.84. The summed E-state index contributed by atoms with van der Waals surface area (Å²) in [5, 5.41) is 4.63. The second kappa shape index (κ2) is 16.8. The van der Waals surface area contributed by atoms with Gasteiger partial charge in [0.2, 0.25) is 0 Å². The van der Waals surface area contributed by atoms with Gasteiger partial charge in [0, 0.05) is 34.4 Å². The molecule has 0 spiro atoms. The van der Waals surface area contributed by atoms with Crippen molar-refractivity contribution >= 4 is 55.3 Å². The van der Waals surface area contributed by atoms with Crippen molar-refractivity contribution in [2.45, 2.75) is 100 Å². The molecule has 6 nitrogen and oxygen atoms in total. The number of para-hydroxylation sites is 1. The van der Waals surface area contributed by atoms with Gasteiger partial charge in [-0.2, -0.15) is 6.07 Å². The number of nitrogens with zero attached hydrogens (tertiary/aromatic N) is 6. The van der Waals surface area contributed by atoms with E-state index in [-0.39, 0.29) is 21.1 Å². The summed E-state index contributed by atoms with van der Waals surface area (Å²) in [4.78, 5) is 18.5. The van der Waals surface area contributed by atoms with Gasteiger partial charge in [0.05, 0.1) is 28.1 Å². The van der Waals surface area contributed by atoms with Gasteiger partial charge < -0.3 is 19.0 Å². The minimum Gasteiger partial charge on any atom is -0.358 e. The van der Waals surface area contributed by atoms with Crippen LogP contribution in [0.2, 0.25) is 0 Å². The molecule has 0 fully saturated rings. The molecule has 7 heteroatoms. The molecular weight excluding hydrogens is 988 g/mol. The summed E-state index contributed by atoms with van der Waals surface area (Å²) < 4.78 is 4.63. The van der Waals surface area contributed by atoms with Crippen LogP contribution in [-0.2, 0) is 21.1 Å². The first kappa shape index (κ1) is 45.3. The van der Waals surface area contributed by atoms with Crippen molar-refractivity contribution in [3.05, 3.63) is 162 Å². The molecule has 66 heavy (non-hydrogen) atoms. The molecule has 4 aromatic heterocycles. The Bertz CT molecular complexity index is 3320. The largest absolute Gasteiger partial charge is 2.00 e. The Labute approximate surface area is 405 Å². The number of pyridine rings is 2. The minimum absolute atomic E-state index is 0. The van der Waals surface area contributed by atoms with Crippen LogP contribution in [0.5, 0.6) is 0 Å². The van der Waals surface area contributed by atoms with E-state index in [1.165, 1.54) is 38.7 Å². The molecule has 336 valence electrons. The van der Waals surface area contributed by atoms with Crippen LogP contribution in [0.3, 0.4) is 0 Å². The van der Waals surface area contributed by atoms with Crippen molar-refractivity contribution in [3.8, 4) is 22.6 Å². The monoisotopic (exact) mass is 1050 g/mol. The predicted molar refractivity (Wildman–Crippen MR) is 273 cm³/mol. The van der Waals surface area contributed by atoms with E-state index in [2.05, 4.69) is 206 Å². The van der Waals surface area contributed by atoms with Gasteiger partial charge in [0.25, 0.3) is 0 Å². The number of fused-ring (bicyclic) bond motifs is 6. The van der Waals surface area contributed by atoms with Crippen LogP contribution in [-0.4, -0.2) is 36.0 Å². The SMILES string of the molecule is Cc1ccc2c(c1)c1ccc(-n3c4ccc(C(C)C)cc4c4cccnc43)[c-]c1n2-c1[c-]c(C2=N[C@](C)(C(C(C)C)C(C)C)C(C)(C)N2c2c(C)cccc2C)cc(-c2ccccn2)c1.[Pt+2]. The molecule has 1 aliphatic rings. The van der Waals surface area contributed by atoms with Gasteiger partial charge in [-0.1, -0.05) is 106 Å². The zero-order valence-corrected chi connectivity index (χ0v) is 42.6. The third-order valence-corrected chi connectivity index (χ3v) is 14.7. The molecule has 0 unspecified atom stereocenters. The van der Waals surface area contributed by atoms with Gasteiger partial charge in [-0.25, -0.2) is 4.98 Å². The standard InChI is InChI=1S/C59H60N6.Pt/c1-35(2)41-22-26-52-49(33-41)47-19-16-28-61-57(47)64(52)44-23-24-46-48-29-38(7)21-25-51(48)63(53(46)34-44)45-31-42(50-20-13-14-27-60-50)30-43(32-45)56-62-59(12,54(36(3)4)37(5)6)58(10,11)65(56)55-39(8)17-15-18-40(55)9;/h13-31,33,35-37,54H,1-12H3;/q-2;+2/t59-;/m1./s1. The second-order valence-corrected chi connectivity index (χ2v) is 20.2. The number of hydrogen-bond donors (Lipinski definition) is 0. The Balaban J connectivity index is 0.00000548. The van der Waals surface area contributed by atoms with Crippen molar-refractivity contribution in [2.24, 2.45) is 22.7 Å². The van der Waals surface area contributed by atoms with E-state index in [9.17, 15) is 0 Å². The molecule has 1 aliphatic heterocycles. The second-order valence-electron chi connectivity index (χ2n) is 20.2. The van der Waals surface area contributed by atoms with Gasteiger partial charge in [-0.15, -0.1) is 41.3 Å². The number of aryl methyl sites for hydroxylation is 3. The summed E-state index contributed by atoms with van der Waals surface area (Å²) in [5.41, 5.74) is 14.1. The summed E-state index contributed by atoms with van der Waals surface area (Å²) in [7, 11) is 0. The summed E-state index contributed by atoms with van der Waals surface area (Å²) in [6.07, 6.45) is 3.77. The average molecular weight is 1050 g/mol. The topological polar surface area (TPSA) is 51.2 Å². The van der Waals surface area contributed by atoms with Gasteiger partial charge in [0.15, 0.2) is 0 Å². The molecule has 0 bridgehead atoms. The van der Waals surface area contributed by atoms with E-state index in [0.29, 0.717) is 23.7 Å².